The SMILES string of the molecule is CC(C)(C)OC(=O)N1CC(N)C1c1ccccn1. The van der Waals surface area contributed by atoms with Gasteiger partial charge in [0.2, 0.25) is 0 Å². The van der Waals surface area contributed by atoms with Crippen LogP contribution in [0.15, 0.2) is 24.4 Å². The predicted octanol–water partition coefficient (Wildman–Crippen LogP) is 1.70. The van der Waals surface area contributed by atoms with Crippen LogP contribution in [0.3, 0.4) is 0 Å². The zero-order chi connectivity index (χ0) is 13.3. The van der Waals surface area contributed by atoms with E-state index in [1.165, 1.54) is 0 Å². The van der Waals surface area contributed by atoms with Crippen molar-refractivity contribution in [2.75, 3.05) is 6.54 Å². The number of rotatable bonds is 1. The number of carbonyl (C=O) groups excluding carboxylic acids is 1. The Labute approximate surface area is 107 Å². The molecule has 1 aromatic rings. The smallest absolute Gasteiger partial charge is 0.410 e. The van der Waals surface area contributed by atoms with Gasteiger partial charge in [0.1, 0.15) is 5.60 Å². The van der Waals surface area contributed by atoms with Crippen molar-refractivity contribution >= 4 is 6.09 Å². The van der Waals surface area contributed by atoms with Gasteiger partial charge in [-0.05, 0) is 32.9 Å². The van der Waals surface area contributed by atoms with E-state index >= 15 is 0 Å². The molecule has 1 fully saturated rings. The first-order valence-corrected chi connectivity index (χ1v) is 6.04. The Bertz CT molecular complexity index is 428. The summed E-state index contributed by atoms with van der Waals surface area (Å²) in [5.41, 5.74) is 6.27. The molecule has 1 aliphatic heterocycles. The normalized spacial score (nSPS) is 23.4. The van der Waals surface area contributed by atoms with Crippen LogP contribution in [0.5, 0.6) is 0 Å². The van der Waals surface area contributed by atoms with Crippen LogP contribution < -0.4 is 5.73 Å². The van der Waals surface area contributed by atoms with Gasteiger partial charge in [-0.25, -0.2) is 4.79 Å². The lowest BCUT2D eigenvalue weighted by Crippen LogP contribution is -2.61. The van der Waals surface area contributed by atoms with Crippen LogP contribution in [0.4, 0.5) is 4.79 Å². The van der Waals surface area contributed by atoms with Crippen molar-refractivity contribution in [1.82, 2.24) is 9.88 Å². The van der Waals surface area contributed by atoms with Crippen LogP contribution in [0.2, 0.25) is 0 Å². The topological polar surface area (TPSA) is 68.5 Å². The Balaban J connectivity index is 2.09. The van der Waals surface area contributed by atoms with E-state index in [-0.39, 0.29) is 18.2 Å². The zero-order valence-electron chi connectivity index (χ0n) is 11.0. The summed E-state index contributed by atoms with van der Waals surface area (Å²) < 4.78 is 5.35. The first-order valence-electron chi connectivity index (χ1n) is 6.04. The van der Waals surface area contributed by atoms with E-state index in [4.69, 9.17) is 10.5 Å². The lowest BCUT2D eigenvalue weighted by atomic mass is 9.94. The summed E-state index contributed by atoms with van der Waals surface area (Å²) in [7, 11) is 0. The standard InChI is InChI=1S/C13H19N3O2/c1-13(2,3)18-12(17)16-8-9(14)11(16)10-6-4-5-7-15-10/h4-7,9,11H,8,14H2,1-3H3. The number of pyridine rings is 1. The second-order valence-electron chi connectivity index (χ2n) is 5.50. The van der Waals surface area contributed by atoms with Crippen molar-refractivity contribution in [3.8, 4) is 0 Å². The molecule has 2 atom stereocenters. The Morgan fingerprint density at radius 1 is 1.50 bits per heavy atom. The molecule has 1 aromatic heterocycles. The quantitative estimate of drug-likeness (QED) is 0.822. The highest BCUT2D eigenvalue weighted by Crippen LogP contribution is 2.32. The summed E-state index contributed by atoms with van der Waals surface area (Å²) in [4.78, 5) is 17.9. The monoisotopic (exact) mass is 249 g/mol. The number of nitrogens with zero attached hydrogens (tertiary/aromatic N) is 2. The van der Waals surface area contributed by atoms with E-state index in [2.05, 4.69) is 4.98 Å². The highest BCUT2D eigenvalue weighted by Gasteiger charge is 2.43. The Hall–Kier alpha value is -1.62. The maximum atomic E-state index is 12.0. The van der Waals surface area contributed by atoms with Gasteiger partial charge in [-0.2, -0.15) is 0 Å². The molecule has 1 amide bonds. The van der Waals surface area contributed by atoms with Crippen molar-refractivity contribution in [1.29, 1.82) is 0 Å². The van der Waals surface area contributed by atoms with Gasteiger partial charge in [0.05, 0.1) is 11.7 Å². The number of amides is 1. The van der Waals surface area contributed by atoms with Crippen molar-refractivity contribution in [3.63, 3.8) is 0 Å². The Kier molecular flexibility index (Phi) is 3.26. The Morgan fingerprint density at radius 2 is 2.22 bits per heavy atom. The number of nitrogens with two attached hydrogens (primary N) is 1. The average molecular weight is 249 g/mol. The fourth-order valence-corrected chi connectivity index (χ4v) is 1.97. The maximum Gasteiger partial charge on any atom is 0.410 e. The molecule has 1 aliphatic rings. The van der Waals surface area contributed by atoms with Gasteiger partial charge in [-0.15, -0.1) is 0 Å². The molecule has 0 radical (unpaired) electrons. The van der Waals surface area contributed by atoms with Crippen LogP contribution in [0.1, 0.15) is 32.5 Å². The first-order chi connectivity index (χ1) is 8.38. The van der Waals surface area contributed by atoms with Gasteiger partial charge in [0.15, 0.2) is 0 Å². The van der Waals surface area contributed by atoms with Gasteiger partial charge in [0.25, 0.3) is 0 Å². The number of aromatic nitrogens is 1. The zero-order valence-corrected chi connectivity index (χ0v) is 11.0. The molecule has 0 aliphatic carbocycles. The number of ether oxygens (including phenoxy) is 1. The van der Waals surface area contributed by atoms with Gasteiger partial charge in [0, 0.05) is 18.8 Å². The average Bonchev–Trinajstić information content (AvgIpc) is 2.24. The summed E-state index contributed by atoms with van der Waals surface area (Å²) in [6, 6.07) is 5.35. The van der Waals surface area contributed by atoms with Crippen LogP contribution in [-0.2, 0) is 4.74 Å². The summed E-state index contributed by atoms with van der Waals surface area (Å²) in [6.45, 7) is 6.05. The van der Waals surface area contributed by atoms with E-state index in [0.29, 0.717) is 6.54 Å². The highest BCUT2D eigenvalue weighted by atomic mass is 16.6. The third kappa shape index (κ3) is 2.61. The molecule has 0 saturated carbocycles. The second kappa shape index (κ2) is 4.57. The molecule has 0 bridgehead atoms. The summed E-state index contributed by atoms with van der Waals surface area (Å²) in [6.07, 6.45) is 1.37. The van der Waals surface area contributed by atoms with Gasteiger partial charge in [-0.1, -0.05) is 6.07 Å². The number of hydrogen-bond acceptors (Lipinski definition) is 4. The third-order valence-corrected chi connectivity index (χ3v) is 2.77. The summed E-state index contributed by atoms with van der Waals surface area (Å²) >= 11 is 0. The Morgan fingerprint density at radius 3 is 2.72 bits per heavy atom. The van der Waals surface area contributed by atoms with Crippen molar-refractivity contribution < 1.29 is 9.53 Å². The molecular formula is C13H19N3O2. The molecule has 0 spiro atoms. The molecule has 2 unspecified atom stereocenters. The molecule has 2 N–H and O–H groups in total. The molecule has 1 saturated heterocycles. The van der Waals surface area contributed by atoms with Crippen molar-refractivity contribution in [2.24, 2.45) is 5.73 Å². The minimum Gasteiger partial charge on any atom is -0.444 e. The number of likely N-dealkylation sites (tertiary alicyclic amines) is 1. The first kappa shape index (κ1) is 12.8. The van der Waals surface area contributed by atoms with E-state index in [9.17, 15) is 4.79 Å². The maximum absolute atomic E-state index is 12.0. The molecule has 18 heavy (non-hydrogen) atoms. The van der Waals surface area contributed by atoms with Crippen LogP contribution in [0, 0.1) is 0 Å². The molecule has 5 heteroatoms. The van der Waals surface area contributed by atoms with E-state index in [0.717, 1.165) is 5.69 Å². The third-order valence-electron chi connectivity index (χ3n) is 2.77. The van der Waals surface area contributed by atoms with Crippen molar-refractivity contribution in [3.05, 3.63) is 30.1 Å². The van der Waals surface area contributed by atoms with Crippen LogP contribution >= 0.6 is 0 Å². The second-order valence-corrected chi connectivity index (χ2v) is 5.50. The van der Waals surface area contributed by atoms with Crippen LogP contribution in [-0.4, -0.2) is 34.2 Å². The number of carbonyl (C=O) groups is 1. The van der Waals surface area contributed by atoms with Gasteiger partial charge >= 0.3 is 6.09 Å². The van der Waals surface area contributed by atoms with Gasteiger partial charge < -0.3 is 10.5 Å². The molecule has 0 aromatic carbocycles. The summed E-state index contributed by atoms with van der Waals surface area (Å²) in [5, 5.41) is 0. The molecular weight excluding hydrogens is 230 g/mol. The molecule has 5 nitrogen and oxygen atoms in total. The van der Waals surface area contributed by atoms with E-state index in [1.54, 1.807) is 11.1 Å². The van der Waals surface area contributed by atoms with Crippen LogP contribution in [0.25, 0.3) is 0 Å². The molecule has 2 heterocycles. The van der Waals surface area contributed by atoms with E-state index in [1.807, 2.05) is 39.0 Å². The predicted molar refractivity (Wildman–Crippen MR) is 67.9 cm³/mol. The highest BCUT2D eigenvalue weighted by molar-refractivity contribution is 5.70. The number of hydrogen-bond donors (Lipinski definition) is 1. The fraction of sp³-hybridized carbons (Fsp3) is 0.538. The minimum atomic E-state index is -0.495. The van der Waals surface area contributed by atoms with Gasteiger partial charge in [-0.3, -0.25) is 9.88 Å². The summed E-state index contributed by atoms with van der Waals surface area (Å²) in [5.74, 6) is 0. The fourth-order valence-electron chi connectivity index (χ4n) is 1.97. The lowest BCUT2D eigenvalue weighted by molar-refractivity contribution is -0.0143. The minimum absolute atomic E-state index is 0.0765. The van der Waals surface area contributed by atoms with E-state index < -0.39 is 5.60 Å². The lowest BCUT2D eigenvalue weighted by Gasteiger charge is -2.45. The molecule has 2 rings (SSSR count). The molecule has 98 valence electrons. The van der Waals surface area contributed by atoms with Crippen molar-refractivity contribution in [2.45, 2.75) is 38.5 Å². The largest absolute Gasteiger partial charge is 0.444 e.